The van der Waals surface area contributed by atoms with Gasteiger partial charge in [-0.1, -0.05) is 6.92 Å². The second-order valence-corrected chi connectivity index (χ2v) is 6.43. The summed E-state index contributed by atoms with van der Waals surface area (Å²) in [5.74, 6) is 0.677. The van der Waals surface area contributed by atoms with Crippen molar-refractivity contribution in [3.63, 3.8) is 0 Å². The van der Waals surface area contributed by atoms with Crippen molar-refractivity contribution in [3.05, 3.63) is 38.4 Å². The Morgan fingerprint density at radius 2 is 2.04 bits per heavy atom. The van der Waals surface area contributed by atoms with Crippen LogP contribution in [0.25, 0.3) is 0 Å². The summed E-state index contributed by atoms with van der Waals surface area (Å²) >= 11 is 1.38. The molecular weight excluding hydrogens is 342 g/mol. The van der Waals surface area contributed by atoms with Gasteiger partial charge in [-0.25, -0.2) is 0 Å². The number of ether oxygens (including phenoxy) is 1. The standard InChI is InChI=1S/C13H17N3O7S/c1-2-24-13-11(12(18)10(6-17)23-13)14-8-4-3-7(15(19)20)5-9(8)16(21)22/h3-5,10-14,17-18H,2,6H2,1H3/t10-,11+,12+,13+/m0/s1. The second kappa shape index (κ2) is 7.75. The number of aliphatic hydroxyl groups excluding tert-OH is 2. The molecule has 0 unspecified atom stereocenters. The SMILES string of the molecule is CCS[C@H]1O[C@@H](CO)[C@@H](O)[C@H]1Nc1ccc([N+](=O)[O-])cc1[N+](=O)[O-]. The molecule has 1 aromatic rings. The van der Waals surface area contributed by atoms with Gasteiger partial charge in [0.15, 0.2) is 0 Å². The highest BCUT2D eigenvalue weighted by Gasteiger charge is 2.44. The van der Waals surface area contributed by atoms with Crippen molar-refractivity contribution in [2.75, 3.05) is 17.7 Å². The number of benzene rings is 1. The van der Waals surface area contributed by atoms with Crippen LogP contribution in [0.2, 0.25) is 0 Å². The van der Waals surface area contributed by atoms with Crippen molar-refractivity contribution in [1.29, 1.82) is 0 Å². The average Bonchev–Trinajstić information content (AvgIpc) is 2.84. The summed E-state index contributed by atoms with van der Waals surface area (Å²) in [6.07, 6.45) is -1.88. The van der Waals surface area contributed by atoms with Crippen LogP contribution in [0, 0.1) is 20.2 Å². The maximum absolute atomic E-state index is 11.2. The molecule has 0 saturated carbocycles. The number of rotatable bonds is 7. The van der Waals surface area contributed by atoms with E-state index in [0.717, 1.165) is 12.1 Å². The summed E-state index contributed by atoms with van der Waals surface area (Å²) in [5, 5.41) is 44.3. The smallest absolute Gasteiger partial charge is 0.299 e. The number of non-ortho nitro benzene ring substituents is 1. The molecule has 0 amide bonds. The van der Waals surface area contributed by atoms with E-state index in [0.29, 0.717) is 5.75 Å². The van der Waals surface area contributed by atoms with E-state index in [-0.39, 0.29) is 12.3 Å². The molecule has 3 N–H and O–H groups in total. The predicted octanol–water partition coefficient (Wildman–Crippen LogP) is 1.11. The lowest BCUT2D eigenvalue weighted by molar-refractivity contribution is -0.393. The van der Waals surface area contributed by atoms with E-state index in [1.165, 1.54) is 17.8 Å². The van der Waals surface area contributed by atoms with Crippen LogP contribution in [0.4, 0.5) is 17.1 Å². The van der Waals surface area contributed by atoms with Gasteiger partial charge in [-0.2, -0.15) is 0 Å². The third-order valence-electron chi connectivity index (χ3n) is 3.57. The molecule has 1 saturated heterocycles. The van der Waals surface area contributed by atoms with Crippen LogP contribution < -0.4 is 5.32 Å². The Morgan fingerprint density at radius 1 is 1.33 bits per heavy atom. The third kappa shape index (κ3) is 3.75. The van der Waals surface area contributed by atoms with Gasteiger partial charge < -0.3 is 20.3 Å². The minimum Gasteiger partial charge on any atom is -0.394 e. The first-order chi connectivity index (χ1) is 11.4. The van der Waals surface area contributed by atoms with Gasteiger partial charge in [0.25, 0.3) is 11.4 Å². The van der Waals surface area contributed by atoms with Crippen molar-refractivity contribution in [1.82, 2.24) is 0 Å². The third-order valence-corrected chi connectivity index (χ3v) is 4.64. The maximum atomic E-state index is 11.2. The van der Waals surface area contributed by atoms with E-state index < -0.39 is 44.9 Å². The van der Waals surface area contributed by atoms with Crippen molar-refractivity contribution < 1.29 is 24.8 Å². The molecule has 0 aliphatic carbocycles. The van der Waals surface area contributed by atoms with Crippen molar-refractivity contribution in [3.8, 4) is 0 Å². The molecule has 0 radical (unpaired) electrons. The summed E-state index contributed by atoms with van der Waals surface area (Å²) in [6, 6.07) is 2.52. The number of nitrogens with one attached hydrogen (secondary N) is 1. The largest absolute Gasteiger partial charge is 0.394 e. The Balaban J connectivity index is 2.31. The van der Waals surface area contributed by atoms with Gasteiger partial charge >= 0.3 is 0 Å². The van der Waals surface area contributed by atoms with E-state index in [4.69, 9.17) is 4.74 Å². The van der Waals surface area contributed by atoms with Gasteiger partial charge in [0.1, 0.15) is 23.3 Å². The molecule has 0 bridgehead atoms. The molecule has 1 aliphatic rings. The van der Waals surface area contributed by atoms with Crippen molar-refractivity contribution >= 4 is 28.8 Å². The zero-order valence-corrected chi connectivity index (χ0v) is 13.5. The number of nitro groups is 2. The van der Waals surface area contributed by atoms with E-state index in [9.17, 15) is 30.4 Å². The fourth-order valence-electron chi connectivity index (χ4n) is 2.43. The first kappa shape index (κ1) is 18.4. The van der Waals surface area contributed by atoms with E-state index in [1.807, 2.05) is 6.92 Å². The molecule has 0 aromatic heterocycles. The zero-order valence-electron chi connectivity index (χ0n) is 12.7. The number of hydrogen-bond donors (Lipinski definition) is 3. The van der Waals surface area contributed by atoms with Gasteiger partial charge in [-0.15, -0.1) is 11.8 Å². The number of nitro benzene ring substituents is 2. The predicted molar refractivity (Wildman–Crippen MR) is 87.0 cm³/mol. The lowest BCUT2D eigenvalue weighted by Crippen LogP contribution is -2.39. The van der Waals surface area contributed by atoms with Crippen LogP contribution in [-0.4, -0.2) is 56.1 Å². The fourth-order valence-corrected chi connectivity index (χ4v) is 3.41. The molecule has 132 valence electrons. The highest BCUT2D eigenvalue weighted by Crippen LogP contribution is 2.35. The zero-order chi connectivity index (χ0) is 17.9. The summed E-state index contributed by atoms with van der Waals surface area (Å²) in [7, 11) is 0. The lowest BCUT2D eigenvalue weighted by Gasteiger charge is -2.22. The summed E-state index contributed by atoms with van der Waals surface area (Å²) in [5.41, 5.74) is -1.34. The monoisotopic (exact) mass is 359 g/mol. The normalized spacial score (nSPS) is 26.3. The molecule has 1 aromatic carbocycles. The minimum absolute atomic E-state index is 0.0403. The van der Waals surface area contributed by atoms with Crippen molar-refractivity contribution in [2.45, 2.75) is 30.6 Å². The topological polar surface area (TPSA) is 148 Å². The lowest BCUT2D eigenvalue weighted by atomic mass is 10.1. The molecule has 24 heavy (non-hydrogen) atoms. The van der Waals surface area contributed by atoms with Gasteiger partial charge in [0, 0.05) is 6.07 Å². The Hall–Kier alpha value is -1.95. The van der Waals surface area contributed by atoms with Crippen LogP contribution in [0.5, 0.6) is 0 Å². The number of nitrogens with zero attached hydrogens (tertiary/aromatic N) is 2. The molecule has 2 rings (SSSR count). The molecule has 1 fully saturated rings. The van der Waals surface area contributed by atoms with Crippen molar-refractivity contribution in [2.24, 2.45) is 0 Å². The van der Waals surface area contributed by atoms with Crippen LogP contribution >= 0.6 is 11.8 Å². The van der Waals surface area contributed by atoms with E-state index >= 15 is 0 Å². The first-order valence-corrected chi connectivity index (χ1v) is 8.19. The summed E-state index contributed by atoms with van der Waals surface area (Å²) < 4.78 is 5.53. The molecule has 11 heteroatoms. The first-order valence-electron chi connectivity index (χ1n) is 7.14. The van der Waals surface area contributed by atoms with Gasteiger partial charge in [0.05, 0.1) is 28.6 Å². The molecule has 1 aliphatic heterocycles. The van der Waals surface area contributed by atoms with Gasteiger partial charge in [-0.05, 0) is 11.8 Å². The summed E-state index contributed by atoms with van der Waals surface area (Å²) in [4.78, 5) is 20.5. The highest BCUT2D eigenvalue weighted by molar-refractivity contribution is 7.99. The highest BCUT2D eigenvalue weighted by atomic mass is 32.2. The maximum Gasteiger partial charge on any atom is 0.299 e. The molecule has 1 heterocycles. The van der Waals surface area contributed by atoms with E-state index in [1.54, 1.807) is 0 Å². The van der Waals surface area contributed by atoms with Crippen LogP contribution in [0.1, 0.15) is 6.92 Å². The number of hydrogen-bond acceptors (Lipinski definition) is 9. The van der Waals surface area contributed by atoms with Crippen LogP contribution in [-0.2, 0) is 4.74 Å². The Labute approximate surface area is 141 Å². The molecular formula is C13H17N3O7S. The Morgan fingerprint density at radius 3 is 2.58 bits per heavy atom. The summed E-state index contributed by atoms with van der Waals surface area (Å²) in [6.45, 7) is 1.50. The van der Waals surface area contributed by atoms with Gasteiger partial charge in [-0.3, -0.25) is 20.2 Å². The number of thioether (sulfide) groups is 1. The fraction of sp³-hybridized carbons (Fsp3) is 0.538. The number of anilines is 1. The molecule has 0 spiro atoms. The molecule has 10 nitrogen and oxygen atoms in total. The number of aliphatic hydroxyl groups is 2. The second-order valence-electron chi connectivity index (χ2n) is 5.06. The Bertz CT molecular complexity index is 630. The minimum atomic E-state index is -1.08. The van der Waals surface area contributed by atoms with Gasteiger partial charge in [0.2, 0.25) is 0 Å². The van der Waals surface area contributed by atoms with E-state index in [2.05, 4.69) is 5.32 Å². The van der Waals surface area contributed by atoms with Crippen LogP contribution in [0.15, 0.2) is 18.2 Å². The Kier molecular flexibility index (Phi) is 5.94. The quantitative estimate of drug-likeness (QED) is 0.481. The molecule has 4 atom stereocenters. The average molecular weight is 359 g/mol. The van der Waals surface area contributed by atoms with Crippen LogP contribution in [0.3, 0.4) is 0 Å².